The highest BCUT2D eigenvalue weighted by molar-refractivity contribution is 7.89. The quantitative estimate of drug-likeness (QED) is 0.559. The molecule has 0 saturated heterocycles. The zero-order valence-corrected chi connectivity index (χ0v) is 20.1. The summed E-state index contributed by atoms with van der Waals surface area (Å²) in [5.74, 6) is 0.113. The zero-order valence-electron chi connectivity index (χ0n) is 19.3. The number of nitrogens with zero attached hydrogens (tertiary/aromatic N) is 4. The van der Waals surface area contributed by atoms with Gasteiger partial charge in [-0.3, -0.25) is 0 Å². The van der Waals surface area contributed by atoms with Crippen LogP contribution in [0.1, 0.15) is 48.6 Å². The average molecular weight is 476 g/mol. The van der Waals surface area contributed by atoms with Gasteiger partial charge in [0.05, 0.1) is 42.0 Å². The Morgan fingerprint density at radius 1 is 1.21 bits per heavy atom. The van der Waals surface area contributed by atoms with Gasteiger partial charge in [0.1, 0.15) is 0 Å². The minimum absolute atomic E-state index is 0.113. The number of hydrogen-bond acceptors (Lipinski definition) is 5. The highest BCUT2D eigenvalue weighted by Crippen LogP contribution is 2.54. The number of nitrogens with one attached hydrogen (secondary N) is 1. The van der Waals surface area contributed by atoms with Crippen LogP contribution in [-0.2, 0) is 28.5 Å². The van der Waals surface area contributed by atoms with Gasteiger partial charge in [-0.1, -0.05) is 37.3 Å². The van der Waals surface area contributed by atoms with Crippen molar-refractivity contribution in [1.82, 2.24) is 14.3 Å². The molecule has 1 aliphatic heterocycles. The second kappa shape index (κ2) is 8.90. The van der Waals surface area contributed by atoms with Gasteiger partial charge in [-0.05, 0) is 48.6 Å². The molecule has 1 aliphatic carbocycles. The molecule has 1 aromatic heterocycles. The van der Waals surface area contributed by atoms with Crippen LogP contribution in [0.4, 0.5) is 5.69 Å². The predicted octanol–water partition coefficient (Wildman–Crippen LogP) is 3.94. The van der Waals surface area contributed by atoms with Gasteiger partial charge in [0.2, 0.25) is 10.0 Å². The van der Waals surface area contributed by atoms with Crippen molar-refractivity contribution in [3.63, 3.8) is 0 Å². The van der Waals surface area contributed by atoms with E-state index < -0.39 is 10.0 Å². The number of nitriles is 1. The first kappa shape index (κ1) is 22.6. The van der Waals surface area contributed by atoms with E-state index in [2.05, 4.69) is 33.1 Å². The molecule has 0 bridgehead atoms. The Morgan fingerprint density at radius 2 is 2.00 bits per heavy atom. The fourth-order valence-electron chi connectivity index (χ4n) is 5.33. The first-order valence-corrected chi connectivity index (χ1v) is 13.4. The van der Waals surface area contributed by atoms with Gasteiger partial charge in [-0.15, -0.1) is 0 Å². The second-order valence-corrected chi connectivity index (χ2v) is 11.4. The molecule has 8 heteroatoms. The SMILES string of the molecule is CCCS(=O)(=O)N1Cc2cc(C#N)ccc2N(Cc2cnc[nH]2)CC1C1(c2ccccc2)CC1. The van der Waals surface area contributed by atoms with Crippen LogP contribution in [-0.4, -0.2) is 41.0 Å². The second-order valence-electron chi connectivity index (χ2n) is 9.31. The average Bonchev–Trinajstić information content (AvgIpc) is 3.52. The molecule has 0 radical (unpaired) electrons. The smallest absolute Gasteiger partial charge is 0.214 e. The summed E-state index contributed by atoms with van der Waals surface area (Å²) in [5.41, 5.74) is 4.32. The van der Waals surface area contributed by atoms with Gasteiger partial charge in [-0.25, -0.2) is 13.4 Å². The van der Waals surface area contributed by atoms with Crippen LogP contribution >= 0.6 is 0 Å². The Morgan fingerprint density at radius 3 is 2.65 bits per heavy atom. The van der Waals surface area contributed by atoms with E-state index in [1.54, 1.807) is 16.8 Å². The number of hydrogen-bond donors (Lipinski definition) is 1. The molecule has 0 spiro atoms. The summed E-state index contributed by atoms with van der Waals surface area (Å²) >= 11 is 0. The van der Waals surface area contributed by atoms with E-state index in [-0.39, 0.29) is 23.8 Å². The molecule has 3 aromatic rings. The first-order valence-electron chi connectivity index (χ1n) is 11.8. The molecule has 1 saturated carbocycles. The Kier molecular flexibility index (Phi) is 5.92. The summed E-state index contributed by atoms with van der Waals surface area (Å²) in [7, 11) is -3.50. The third-order valence-corrected chi connectivity index (χ3v) is 9.15. The molecule has 1 N–H and O–H groups in total. The van der Waals surface area contributed by atoms with Crippen LogP contribution < -0.4 is 4.90 Å². The Labute approximate surface area is 201 Å². The van der Waals surface area contributed by atoms with Crippen molar-refractivity contribution >= 4 is 15.7 Å². The molecule has 2 aromatic carbocycles. The molecule has 176 valence electrons. The van der Waals surface area contributed by atoms with Crippen LogP contribution in [0.15, 0.2) is 61.1 Å². The zero-order chi connectivity index (χ0) is 23.8. The lowest BCUT2D eigenvalue weighted by atomic mass is 9.87. The van der Waals surface area contributed by atoms with Gasteiger partial charge < -0.3 is 9.88 Å². The summed E-state index contributed by atoms with van der Waals surface area (Å²) in [6.45, 7) is 3.32. The third-order valence-electron chi connectivity index (χ3n) is 7.13. The molecular weight excluding hydrogens is 446 g/mol. The number of rotatable bonds is 7. The normalized spacial score (nSPS) is 19.8. The minimum atomic E-state index is -3.50. The predicted molar refractivity (Wildman–Crippen MR) is 132 cm³/mol. The maximum atomic E-state index is 13.7. The van der Waals surface area contributed by atoms with E-state index in [0.29, 0.717) is 25.1 Å². The monoisotopic (exact) mass is 475 g/mol. The summed E-state index contributed by atoms with van der Waals surface area (Å²) < 4.78 is 29.1. The molecule has 2 heterocycles. The number of aromatic nitrogens is 2. The van der Waals surface area contributed by atoms with Crippen molar-refractivity contribution in [1.29, 1.82) is 5.26 Å². The topological polar surface area (TPSA) is 93.1 Å². The van der Waals surface area contributed by atoms with Crippen molar-refractivity contribution in [2.45, 2.75) is 50.7 Å². The first-order chi connectivity index (χ1) is 16.5. The molecule has 7 nitrogen and oxygen atoms in total. The minimum Gasteiger partial charge on any atom is -0.364 e. The van der Waals surface area contributed by atoms with Gasteiger partial charge >= 0.3 is 0 Å². The summed E-state index contributed by atoms with van der Waals surface area (Å²) in [6.07, 6.45) is 5.94. The van der Waals surface area contributed by atoms with Crippen molar-refractivity contribution in [2.75, 3.05) is 17.2 Å². The molecular formula is C26H29N5O2S. The van der Waals surface area contributed by atoms with Crippen molar-refractivity contribution < 1.29 is 8.42 Å². The number of benzene rings is 2. The van der Waals surface area contributed by atoms with E-state index in [0.717, 1.165) is 29.8 Å². The third kappa shape index (κ3) is 4.10. The molecule has 1 fully saturated rings. The number of sulfonamides is 1. The van der Waals surface area contributed by atoms with Crippen LogP contribution in [0.2, 0.25) is 0 Å². The van der Waals surface area contributed by atoms with Crippen LogP contribution in [0, 0.1) is 11.3 Å². The van der Waals surface area contributed by atoms with Crippen LogP contribution in [0.5, 0.6) is 0 Å². The standard InChI is InChI=1S/C26H29N5O2S/c1-2-12-34(32,33)31-16-21-13-20(14-27)8-9-24(21)30(17-23-15-28-19-29-23)18-25(31)26(10-11-26)22-6-4-3-5-7-22/h3-9,13,15,19,25H,2,10-12,16-18H2,1H3,(H,28,29). The highest BCUT2D eigenvalue weighted by atomic mass is 32.2. The van der Waals surface area contributed by atoms with E-state index >= 15 is 0 Å². The number of H-pyrrole nitrogens is 1. The molecule has 1 unspecified atom stereocenters. The van der Waals surface area contributed by atoms with Crippen molar-refractivity contribution in [2.24, 2.45) is 0 Å². The Hall–Kier alpha value is -3.15. The van der Waals surface area contributed by atoms with E-state index in [9.17, 15) is 13.7 Å². The van der Waals surface area contributed by atoms with E-state index in [1.165, 1.54) is 5.56 Å². The van der Waals surface area contributed by atoms with Crippen LogP contribution in [0.25, 0.3) is 0 Å². The van der Waals surface area contributed by atoms with Gasteiger partial charge in [0.15, 0.2) is 0 Å². The number of aromatic amines is 1. The number of imidazole rings is 1. The van der Waals surface area contributed by atoms with Gasteiger partial charge in [0, 0.05) is 30.4 Å². The molecule has 5 rings (SSSR count). The fraction of sp³-hybridized carbons (Fsp3) is 0.385. The maximum Gasteiger partial charge on any atom is 0.214 e. The van der Waals surface area contributed by atoms with Gasteiger partial charge in [0.25, 0.3) is 0 Å². The summed E-state index contributed by atoms with van der Waals surface area (Å²) in [6, 6.07) is 17.9. The lowest BCUT2D eigenvalue weighted by Gasteiger charge is -2.38. The summed E-state index contributed by atoms with van der Waals surface area (Å²) in [5, 5.41) is 9.52. The Balaban J connectivity index is 1.65. The molecule has 0 amide bonds. The summed E-state index contributed by atoms with van der Waals surface area (Å²) in [4.78, 5) is 9.60. The largest absolute Gasteiger partial charge is 0.364 e. The van der Waals surface area contributed by atoms with E-state index in [4.69, 9.17) is 0 Å². The van der Waals surface area contributed by atoms with Crippen molar-refractivity contribution in [3.05, 3.63) is 83.4 Å². The lowest BCUT2D eigenvalue weighted by Crippen LogP contribution is -2.51. The lowest BCUT2D eigenvalue weighted by molar-refractivity contribution is 0.267. The number of anilines is 1. The van der Waals surface area contributed by atoms with Crippen molar-refractivity contribution in [3.8, 4) is 6.07 Å². The Bertz CT molecular complexity index is 1290. The van der Waals surface area contributed by atoms with Crippen LogP contribution in [0.3, 0.4) is 0 Å². The maximum absolute atomic E-state index is 13.7. The van der Waals surface area contributed by atoms with Gasteiger partial charge in [-0.2, -0.15) is 9.57 Å². The molecule has 34 heavy (non-hydrogen) atoms. The fourth-order valence-corrected chi connectivity index (χ4v) is 7.07. The highest BCUT2D eigenvalue weighted by Gasteiger charge is 2.56. The van der Waals surface area contributed by atoms with E-state index in [1.807, 2.05) is 43.3 Å². The molecule has 2 aliphatic rings. The molecule has 1 atom stereocenters. The number of fused-ring (bicyclic) bond motifs is 1.